The van der Waals surface area contributed by atoms with Gasteiger partial charge in [-0.2, -0.15) is 14.9 Å². The van der Waals surface area contributed by atoms with Crippen molar-refractivity contribution in [1.29, 1.82) is 0 Å². The summed E-state index contributed by atoms with van der Waals surface area (Å²) in [5, 5.41) is 38.2. The SMILES string of the molecule is Cc1cc(Nc2ncc(Cl)c(Nc3ccccc3S(=O)(=O)C(C)C)n2)c(OC(C)C)cc1C1CCN(CC(=O)NCCNc2cccc3c2C(=O)N(C2CCC(=O)N(C(=O)OCCSSCCn4cc(CNC(=O)CC[C@H](NC(=O)c5ccc(NCc6cnc7nc(N)[nH]c(=O)c7n6)cc5)C(=O)O)nn4)C2=O)C3=O)CC1. The van der Waals surface area contributed by atoms with Gasteiger partial charge in [0, 0.05) is 54.4 Å². The molecule has 0 radical (unpaired) electrons. The highest BCUT2D eigenvalue weighted by Gasteiger charge is 2.50. The fraction of sp³-hybridized carbons (Fsp3) is 0.375. The Bertz CT molecular complexity index is 5040. The van der Waals surface area contributed by atoms with Crippen LogP contribution in [0.25, 0.3) is 11.2 Å². The first-order valence-electron chi connectivity index (χ1n) is 35.5. The maximum Gasteiger partial charge on any atom is 0.423 e. The molecule has 0 saturated carbocycles. The maximum atomic E-state index is 14.1. The van der Waals surface area contributed by atoms with Crippen molar-refractivity contribution in [1.82, 2.24) is 75.5 Å². The number of nitrogens with two attached hydrogens (primary N) is 1. The largest absolute Gasteiger partial charge is 0.489 e. The van der Waals surface area contributed by atoms with E-state index in [9.17, 15) is 61.5 Å². The van der Waals surface area contributed by atoms with E-state index in [1.165, 1.54) is 58.2 Å². The number of carboxylic acids is 1. The average Bonchev–Trinajstić information content (AvgIpc) is 1.61. The van der Waals surface area contributed by atoms with Crippen LogP contribution in [-0.2, 0) is 58.2 Å². The molecule has 0 bridgehead atoms. The molecular weight excluding hydrogens is 1520 g/mol. The van der Waals surface area contributed by atoms with Crippen molar-refractivity contribution in [2.24, 2.45) is 0 Å². The molecule has 2 saturated heterocycles. The monoisotopic (exact) mass is 1600 g/mol. The lowest BCUT2D eigenvalue weighted by molar-refractivity contribution is -0.149. The molecule has 2 atom stereocenters. The molecule has 111 heavy (non-hydrogen) atoms. The van der Waals surface area contributed by atoms with Crippen LogP contribution >= 0.6 is 33.2 Å². The van der Waals surface area contributed by atoms with Gasteiger partial charge in [0.2, 0.25) is 29.6 Å². The second-order valence-corrected chi connectivity index (χ2v) is 32.2. The number of likely N-dealkylation sites (tertiary alicyclic amines) is 2. The number of amides is 8. The molecule has 3 aliphatic heterocycles. The molecule has 8 amide bonds. The van der Waals surface area contributed by atoms with Gasteiger partial charge in [-0.05, 0) is 151 Å². The number of ether oxygens (including phenoxy) is 2. The zero-order chi connectivity index (χ0) is 79.2. The van der Waals surface area contributed by atoms with E-state index in [0.29, 0.717) is 64.5 Å². The van der Waals surface area contributed by atoms with E-state index in [4.69, 9.17) is 26.8 Å². The van der Waals surface area contributed by atoms with Crippen LogP contribution in [0, 0.1) is 6.92 Å². The molecule has 8 aromatic rings. The summed E-state index contributed by atoms with van der Waals surface area (Å²) in [6, 6.07) is 18.5. The Morgan fingerprint density at radius 3 is 2.32 bits per heavy atom. The fourth-order valence-corrected chi connectivity index (χ4v) is 15.6. The number of fused-ring (bicyclic) bond motifs is 2. The Balaban J connectivity index is 0.563. The number of rotatable bonds is 34. The number of nitrogen functional groups attached to an aromatic ring is 1. The van der Waals surface area contributed by atoms with E-state index in [2.05, 4.69) is 82.3 Å². The van der Waals surface area contributed by atoms with Crippen LogP contribution in [0.5, 0.6) is 5.75 Å². The second-order valence-electron chi connectivity index (χ2n) is 26.6. The van der Waals surface area contributed by atoms with Gasteiger partial charge in [0.1, 0.15) is 35.2 Å². The summed E-state index contributed by atoms with van der Waals surface area (Å²) in [5.74, 6) is -4.36. The molecule has 35 nitrogen and oxygen atoms in total. The highest BCUT2D eigenvalue weighted by atomic mass is 35.5. The summed E-state index contributed by atoms with van der Waals surface area (Å²) >= 11 is 6.54. The lowest BCUT2D eigenvalue weighted by Gasteiger charge is -2.33. The molecule has 0 spiro atoms. The molecule has 2 fully saturated rings. The molecule has 39 heteroatoms. The number of carboxylic acid groups (broad SMARTS) is 1. The molecule has 0 aliphatic carbocycles. The van der Waals surface area contributed by atoms with Crippen molar-refractivity contribution in [3.63, 3.8) is 0 Å². The number of piperidine rings is 2. The van der Waals surface area contributed by atoms with E-state index >= 15 is 0 Å². The number of aromatic amines is 1. The lowest BCUT2D eigenvalue weighted by Crippen LogP contribution is -2.57. The van der Waals surface area contributed by atoms with Crippen LogP contribution < -0.4 is 53.2 Å². The van der Waals surface area contributed by atoms with Crippen molar-refractivity contribution >= 4 is 148 Å². The Labute approximate surface area is 648 Å². The number of imide groups is 4. The average molecular weight is 1600 g/mol. The zero-order valence-electron chi connectivity index (χ0n) is 60.9. The van der Waals surface area contributed by atoms with Crippen molar-refractivity contribution in [3.8, 4) is 5.75 Å². The Morgan fingerprint density at radius 2 is 1.56 bits per heavy atom. The van der Waals surface area contributed by atoms with Gasteiger partial charge in [-0.1, -0.05) is 56.6 Å². The molecule has 11 N–H and O–H groups in total. The summed E-state index contributed by atoms with van der Waals surface area (Å²) in [6.45, 7) is 11.2. The van der Waals surface area contributed by atoms with Gasteiger partial charge in [0.05, 0.1) is 89.2 Å². The number of carbonyl (C=O) groups is 9. The fourth-order valence-electron chi connectivity index (χ4n) is 12.5. The van der Waals surface area contributed by atoms with Gasteiger partial charge < -0.3 is 57.5 Å². The summed E-state index contributed by atoms with van der Waals surface area (Å²) in [7, 11) is -0.900. The van der Waals surface area contributed by atoms with Crippen LogP contribution in [0.4, 0.5) is 45.3 Å². The highest BCUT2D eigenvalue weighted by molar-refractivity contribution is 8.76. The molecule has 11 rings (SSSR count). The van der Waals surface area contributed by atoms with E-state index in [1.54, 1.807) is 67.2 Å². The number of nitrogens with one attached hydrogen (secondary N) is 8. The summed E-state index contributed by atoms with van der Waals surface area (Å²) in [5.41, 5.74) is 10.1. The molecule has 7 heterocycles. The van der Waals surface area contributed by atoms with Crippen LogP contribution in [-0.4, -0.2) is 201 Å². The summed E-state index contributed by atoms with van der Waals surface area (Å²) in [4.78, 5) is 159. The minimum atomic E-state index is -3.64. The molecule has 4 aromatic heterocycles. The number of aliphatic carboxylic acids is 1. The molecule has 1 unspecified atom stereocenters. The van der Waals surface area contributed by atoms with Gasteiger partial charge >= 0.3 is 12.1 Å². The van der Waals surface area contributed by atoms with Crippen molar-refractivity contribution in [2.75, 3.05) is 77.8 Å². The van der Waals surface area contributed by atoms with E-state index in [-0.39, 0.29) is 150 Å². The predicted octanol–water partition coefficient (Wildman–Crippen LogP) is 6.73. The third kappa shape index (κ3) is 20.2. The van der Waals surface area contributed by atoms with Crippen LogP contribution in [0.15, 0.2) is 107 Å². The number of nitrogens with zero attached hydrogens (tertiary/aromatic N) is 11. The first-order valence-corrected chi connectivity index (χ1v) is 39.9. The van der Waals surface area contributed by atoms with E-state index < -0.39 is 80.2 Å². The third-order valence-electron chi connectivity index (χ3n) is 18.1. The van der Waals surface area contributed by atoms with Crippen LogP contribution in [0.2, 0.25) is 5.02 Å². The number of H-pyrrole nitrogens is 1. The maximum absolute atomic E-state index is 14.1. The van der Waals surface area contributed by atoms with Crippen molar-refractivity contribution < 1.29 is 66.1 Å². The number of aromatic nitrogens is 9. The minimum Gasteiger partial charge on any atom is -0.489 e. The van der Waals surface area contributed by atoms with E-state index in [0.717, 1.165) is 28.9 Å². The Morgan fingerprint density at radius 1 is 0.802 bits per heavy atom. The van der Waals surface area contributed by atoms with Gasteiger partial charge in [0.15, 0.2) is 26.8 Å². The highest BCUT2D eigenvalue weighted by Crippen LogP contribution is 2.40. The van der Waals surface area contributed by atoms with Crippen molar-refractivity contribution in [3.05, 3.63) is 152 Å². The van der Waals surface area contributed by atoms with Gasteiger partial charge in [0.25, 0.3) is 29.2 Å². The first kappa shape index (κ1) is 80.7. The smallest absolute Gasteiger partial charge is 0.423 e. The van der Waals surface area contributed by atoms with E-state index in [1.807, 2.05) is 32.9 Å². The number of benzene rings is 4. The topological polar surface area (TPSA) is 474 Å². The van der Waals surface area contributed by atoms with Crippen LogP contribution in [0.1, 0.15) is 126 Å². The number of halogens is 1. The number of hydrogen-bond donors (Lipinski definition) is 10. The molecule has 584 valence electrons. The Kier molecular flexibility index (Phi) is 26.5. The molecule has 3 aliphatic rings. The van der Waals surface area contributed by atoms with Gasteiger partial charge in [-0.15, -0.1) is 5.10 Å². The second kappa shape index (κ2) is 36.4. The quantitative estimate of drug-likeness (QED) is 0.0113. The number of aryl methyl sites for hydroxylation is 2. The normalized spacial score (nSPS) is 15.0. The number of carbonyl (C=O) groups excluding carboxylic acids is 8. The Hall–Kier alpha value is -11.3. The predicted molar refractivity (Wildman–Crippen MR) is 413 cm³/mol. The lowest BCUT2D eigenvalue weighted by atomic mass is 9.86. The number of sulfone groups is 1. The van der Waals surface area contributed by atoms with Gasteiger partial charge in [-0.25, -0.2) is 33.0 Å². The number of para-hydroxylation sites is 1. The van der Waals surface area contributed by atoms with Gasteiger partial charge in [-0.3, -0.25) is 57.8 Å². The number of anilines is 7. The van der Waals surface area contributed by atoms with Crippen LogP contribution in [0.3, 0.4) is 0 Å². The minimum absolute atomic E-state index is 0.00427. The number of hydrogen-bond acceptors (Lipinski definition) is 29. The third-order valence-corrected chi connectivity index (χ3v) is 22.9. The summed E-state index contributed by atoms with van der Waals surface area (Å²) < 4.78 is 39.6. The first-order chi connectivity index (χ1) is 53.2. The standard InChI is InChI=1S/C72H81ClN20O15S3/c1-39(2)108-55-32-48(41(5)31-53(55)84-71-80-36-49(73)62(86-71)82-50-10-6-7-12-56(50)111(105,106)40(3)4)42-21-25-90(26-22-42)38-58(95)76-24-23-75-51-11-8-9-47-60(51)68(101)92(66(47)99)54-18-20-59(96)93(67(54)100)72(104)107-28-30-110-109-29-27-91-37-46(88-89-91)35-78-57(94)19-17-52(69(102)103)83-64(97)43-13-15-44(16-14-43)77-33-45-34-79-63-61(81-45)65(98)87-70(74)85-63/h6-16,31-32,34,36-37,39-40,42,52,54,75,77H,17-30,33,35,38H2,1-5H3,(H,76,95)(H,78,94)(H,83,97)(H,102,103)(H2,80,82,84,86)(H3,74,79,85,87,98)/t52-,54?/m0/s1. The molecular formula is C72H81ClN20O15S3. The summed E-state index contributed by atoms with van der Waals surface area (Å²) in [6.07, 6.45) is 3.62. The zero-order valence-corrected chi connectivity index (χ0v) is 64.1. The van der Waals surface area contributed by atoms with Crippen molar-refractivity contribution in [2.45, 2.75) is 127 Å². The molecule has 4 aromatic carbocycles.